The maximum Gasteiger partial charge on any atom is 0.251 e. The minimum atomic E-state index is -3.44. The van der Waals surface area contributed by atoms with Gasteiger partial charge in [0.2, 0.25) is 10.0 Å². The van der Waals surface area contributed by atoms with Crippen molar-refractivity contribution in [3.05, 3.63) is 65.7 Å². The molecule has 0 bridgehead atoms. The molecule has 25 heavy (non-hydrogen) atoms. The van der Waals surface area contributed by atoms with Gasteiger partial charge >= 0.3 is 0 Å². The van der Waals surface area contributed by atoms with E-state index in [9.17, 15) is 13.2 Å². The van der Waals surface area contributed by atoms with Crippen LogP contribution in [-0.2, 0) is 16.6 Å². The zero-order chi connectivity index (χ0) is 18.4. The molecule has 0 spiro atoms. The molecule has 0 unspecified atom stereocenters. The number of sulfonamides is 1. The summed E-state index contributed by atoms with van der Waals surface area (Å²) < 4.78 is 25.7. The number of rotatable bonds is 7. The predicted molar refractivity (Wildman–Crippen MR) is 101 cm³/mol. The highest BCUT2D eigenvalue weighted by atomic mass is 32.2. The Morgan fingerprint density at radius 3 is 2.16 bits per heavy atom. The van der Waals surface area contributed by atoms with E-state index in [1.165, 1.54) is 10.6 Å². The minimum absolute atomic E-state index is 0.158. The predicted octanol–water partition coefficient (Wildman–Crippen LogP) is 3.04. The quantitative estimate of drug-likeness (QED) is 0.825. The summed E-state index contributed by atoms with van der Waals surface area (Å²) in [6.45, 7) is 4.90. The molecule has 0 radical (unpaired) electrons. The van der Waals surface area contributed by atoms with Crippen LogP contribution in [0.25, 0.3) is 0 Å². The van der Waals surface area contributed by atoms with Crippen LogP contribution in [0.3, 0.4) is 0 Å². The number of hydrogen-bond acceptors (Lipinski definition) is 3. The molecule has 1 amide bonds. The molecule has 0 aromatic heterocycles. The van der Waals surface area contributed by atoms with E-state index in [1.54, 1.807) is 24.3 Å². The van der Waals surface area contributed by atoms with Crippen molar-refractivity contribution in [3.8, 4) is 0 Å². The van der Waals surface area contributed by atoms with Crippen LogP contribution < -0.4 is 9.62 Å². The van der Waals surface area contributed by atoms with Gasteiger partial charge in [-0.3, -0.25) is 9.10 Å². The lowest BCUT2D eigenvalue weighted by Gasteiger charge is -2.22. The Morgan fingerprint density at radius 2 is 1.64 bits per heavy atom. The van der Waals surface area contributed by atoms with E-state index in [2.05, 4.69) is 5.32 Å². The molecule has 0 aliphatic heterocycles. The molecular weight excluding hydrogens is 336 g/mol. The van der Waals surface area contributed by atoms with Crippen LogP contribution in [-0.4, -0.2) is 27.1 Å². The van der Waals surface area contributed by atoms with E-state index in [0.29, 0.717) is 23.7 Å². The van der Waals surface area contributed by atoms with E-state index in [-0.39, 0.29) is 12.5 Å². The fraction of sp³-hybridized carbons (Fsp3) is 0.316. The van der Waals surface area contributed by atoms with Gasteiger partial charge in [0, 0.05) is 12.1 Å². The highest BCUT2D eigenvalue weighted by Crippen LogP contribution is 2.21. The van der Waals surface area contributed by atoms with Crippen LogP contribution in [0.4, 0.5) is 5.69 Å². The molecule has 0 saturated heterocycles. The van der Waals surface area contributed by atoms with Gasteiger partial charge in [0.15, 0.2) is 0 Å². The molecule has 134 valence electrons. The molecule has 0 saturated carbocycles. The smallest absolute Gasteiger partial charge is 0.251 e. The van der Waals surface area contributed by atoms with Gasteiger partial charge < -0.3 is 5.32 Å². The Kier molecular flexibility index (Phi) is 6.20. The first kappa shape index (κ1) is 19.0. The van der Waals surface area contributed by atoms with Crippen molar-refractivity contribution in [2.75, 3.05) is 17.1 Å². The molecule has 6 heteroatoms. The summed E-state index contributed by atoms with van der Waals surface area (Å²) in [5.41, 5.74) is 1.94. The highest BCUT2D eigenvalue weighted by molar-refractivity contribution is 7.92. The number of amides is 1. The van der Waals surface area contributed by atoms with Gasteiger partial charge in [-0.15, -0.1) is 0 Å². The van der Waals surface area contributed by atoms with Gasteiger partial charge in [0.05, 0.1) is 18.5 Å². The molecule has 2 aromatic carbocycles. The Labute approximate surface area is 149 Å². The van der Waals surface area contributed by atoms with E-state index >= 15 is 0 Å². The first-order chi connectivity index (χ1) is 11.8. The average Bonchev–Trinajstić information content (AvgIpc) is 2.57. The van der Waals surface area contributed by atoms with Crippen molar-refractivity contribution in [1.82, 2.24) is 5.32 Å². The molecular formula is C19H24N2O3S. The monoisotopic (exact) mass is 360 g/mol. The third kappa shape index (κ3) is 5.60. The summed E-state index contributed by atoms with van der Waals surface area (Å²) in [4.78, 5) is 12.1. The number of anilines is 1. The van der Waals surface area contributed by atoms with Crippen LogP contribution in [0.1, 0.15) is 29.8 Å². The lowest BCUT2D eigenvalue weighted by molar-refractivity contribution is 0.0949. The van der Waals surface area contributed by atoms with Crippen LogP contribution in [0.2, 0.25) is 0 Å². The standard InChI is InChI=1S/C19H24N2O3S/c1-15(2)13-20-19(22)17-9-11-18(12-10-17)21(25(3,23)24)14-16-7-5-4-6-8-16/h4-12,15H,13-14H2,1-3H3,(H,20,22). The largest absolute Gasteiger partial charge is 0.352 e. The van der Waals surface area contributed by atoms with Gasteiger partial charge in [0.25, 0.3) is 5.91 Å². The molecule has 0 heterocycles. The molecule has 1 N–H and O–H groups in total. The zero-order valence-corrected chi connectivity index (χ0v) is 15.6. The van der Waals surface area contributed by atoms with Crippen molar-refractivity contribution in [2.45, 2.75) is 20.4 Å². The summed E-state index contributed by atoms with van der Waals surface area (Å²) in [5.74, 6) is 0.212. The number of nitrogens with one attached hydrogen (secondary N) is 1. The lowest BCUT2D eigenvalue weighted by Crippen LogP contribution is -2.30. The van der Waals surface area contributed by atoms with Crippen molar-refractivity contribution in [2.24, 2.45) is 5.92 Å². The second kappa shape index (κ2) is 8.16. The van der Waals surface area contributed by atoms with Gasteiger partial charge in [0.1, 0.15) is 0 Å². The third-order valence-corrected chi connectivity index (χ3v) is 4.80. The summed E-state index contributed by atoms with van der Waals surface area (Å²) in [6, 6.07) is 16.0. The SMILES string of the molecule is CC(C)CNC(=O)c1ccc(N(Cc2ccccc2)S(C)(=O)=O)cc1. The van der Waals surface area contributed by atoms with Gasteiger partial charge in [-0.2, -0.15) is 0 Å². The Balaban J connectivity index is 2.20. The van der Waals surface area contributed by atoms with Crippen LogP contribution in [0.5, 0.6) is 0 Å². The molecule has 5 nitrogen and oxygen atoms in total. The fourth-order valence-electron chi connectivity index (χ4n) is 2.33. The first-order valence-corrected chi connectivity index (χ1v) is 10.0. The number of carbonyl (C=O) groups is 1. The number of nitrogens with zero attached hydrogens (tertiary/aromatic N) is 1. The van der Waals surface area contributed by atoms with Crippen molar-refractivity contribution in [1.29, 1.82) is 0 Å². The van der Waals surface area contributed by atoms with Gasteiger partial charge in [-0.1, -0.05) is 44.2 Å². The Hall–Kier alpha value is -2.34. The maximum atomic E-state index is 12.2. The van der Waals surface area contributed by atoms with Crippen LogP contribution in [0.15, 0.2) is 54.6 Å². The molecule has 0 aliphatic rings. The summed E-state index contributed by atoms with van der Waals surface area (Å²) in [6.07, 6.45) is 1.18. The Morgan fingerprint density at radius 1 is 1.04 bits per heavy atom. The fourth-order valence-corrected chi connectivity index (χ4v) is 3.22. The molecule has 0 aliphatic carbocycles. The van der Waals surface area contributed by atoms with Crippen molar-refractivity contribution >= 4 is 21.6 Å². The molecule has 2 aromatic rings. The average molecular weight is 360 g/mol. The van der Waals surface area contributed by atoms with E-state index in [0.717, 1.165) is 5.56 Å². The van der Waals surface area contributed by atoms with Crippen molar-refractivity contribution in [3.63, 3.8) is 0 Å². The number of hydrogen-bond donors (Lipinski definition) is 1. The molecule has 0 atom stereocenters. The number of carbonyl (C=O) groups excluding carboxylic acids is 1. The topological polar surface area (TPSA) is 66.5 Å². The first-order valence-electron chi connectivity index (χ1n) is 8.17. The van der Waals surface area contributed by atoms with Gasteiger partial charge in [-0.05, 0) is 35.7 Å². The normalized spacial score (nSPS) is 11.4. The van der Waals surface area contributed by atoms with E-state index in [1.807, 2.05) is 44.2 Å². The van der Waals surface area contributed by atoms with E-state index in [4.69, 9.17) is 0 Å². The summed E-state index contributed by atoms with van der Waals surface area (Å²) >= 11 is 0. The summed E-state index contributed by atoms with van der Waals surface area (Å²) in [5, 5.41) is 2.85. The highest BCUT2D eigenvalue weighted by Gasteiger charge is 2.18. The third-order valence-electron chi connectivity index (χ3n) is 3.66. The summed E-state index contributed by atoms with van der Waals surface area (Å²) in [7, 11) is -3.44. The molecule has 2 rings (SSSR count). The maximum absolute atomic E-state index is 12.2. The van der Waals surface area contributed by atoms with Crippen LogP contribution >= 0.6 is 0 Å². The van der Waals surface area contributed by atoms with Crippen LogP contribution in [0, 0.1) is 5.92 Å². The number of benzene rings is 2. The minimum Gasteiger partial charge on any atom is -0.352 e. The van der Waals surface area contributed by atoms with Crippen molar-refractivity contribution < 1.29 is 13.2 Å². The zero-order valence-electron chi connectivity index (χ0n) is 14.8. The van der Waals surface area contributed by atoms with E-state index < -0.39 is 10.0 Å². The second-order valence-electron chi connectivity index (χ2n) is 6.41. The molecule has 0 fully saturated rings. The lowest BCUT2D eigenvalue weighted by atomic mass is 10.1. The second-order valence-corrected chi connectivity index (χ2v) is 8.31. The van der Waals surface area contributed by atoms with Gasteiger partial charge in [-0.25, -0.2) is 8.42 Å². The Bertz CT molecular complexity index is 800.